The zero-order valence-electron chi connectivity index (χ0n) is 17.9. The van der Waals surface area contributed by atoms with Crippen molar-refractivity contribution in [1.29, 1.82) is 0 Å². The number of carbonyl (C=O) groups is 3. The smallest absolute Gasteiger partial charge is 0.407 e. The first-order valence-corrected chi connectivity index (χ1v) is 9.83. The molecular formula is C23H29N3O4. The lowest BCUT2D eigenvalue weighted by molar-refractivity contribution is -0.121. The molecule has 0 unspecified atom stereocenters. The van der Waals surface area contributed by atoms with Gasteiger partial charge in [0.2, 0.25) is 5.91 Å². The van der Waals surface area contributed by atoms with Crippen LogP contribution in [0.15, 0.2) is 48.5 Å². The van der Waals surface area contributed by atoms with Crippen LogP contribution in [0.3, 0.4) is 0 Å². The Bertz CT molecular complexity index is 903. The average molecular weight is 412 g/mol. The molecule has 0 spiro atoms. The minimum absolute atomic E-state index is 0.122. The van der Waals surface area contributed by atoms with Gasteiger partial charge in [-0.2, -0.15) is 0 Å². The average Bonchev–Trinajstić information content (AvgIpc) is 2.66. The van der Waals surface area contributed by atoms with Crippen LogP contribution in [-0.2, 0) is 16.1 Å². The normalized spacial score (nSPS) is 10.8. The molecule has 2 rings (SSSR count). The minimum atomic E-state index is -0.584. The lowest BCUT2D eigenvalue weighted by atomic mass is 10.1. The van der Waals surface area contributed by atoms with E-state index in [1.54, 1.807) is 32.9 Å². The molecule has 3 N–H and O–H groups in total. The van der Waals surface area contributed by atoms with Crippen molar-refractivity contribution in [2.75, 3.05) is 11.9 Å². The van der Waals surface area contributed by atoms with Crippen molar-refractivity contribution < 1.29 is 19.1 Å². The molecule has 0 saturated heterocycles. The van der Waals surface area contributed by atoms with Crippen molar-refractivity contribution >= 4 is 23.6 Å². The van der Waals surface area contributed by atoms with Crippen LogP contribution in [0.1, 0.15) is 48.7 Å². The third-order valence-electron chi connectivity index (χ3n) is 4.04. The molecule has 0 bridgehead atoms. The lowest BCUT2D eigenvalue weighted by Gasteiger charge is -2.19. The van der Waals surface area contributed by atoms with E-state index in [9.17, 15) is 14.4 Å². The van der Waals surface area contributed by atoms with Gasteiger partial charge in [0.25, 0.3) is 5.91 Å². The van der Waals surface area contributed by atoms with Crippen LogP contribution in [0.25, 0.3) is 0 Å². The fraction of sp³-hybridized carbons (Fsp3) is 0.348. The van der Waals surface area contributed by atoms with Crippen LogP contribution in [-0.4, -0.2) is 30.1 Å². The molecule has 0 aliphatic heterocycles. The molecule has 2 aromatic rings. The van der Waals surface area contributed by atoms with E-state index < -0.39 is 11.7 Å². The predicted molar refractivity (Wildman–Crippen MR) is 116 cm³/mol. The molecule has 7 heteroatoms. The molecule has 3 amide bonds. The topological polar surface area (TPSA) is 96.5 Å². The number of alkyl carbamates (subject to hydrolysis) is 1. The summed E-state index contributed by atoms with van der Waals surface area (Å²) in [5.74, 6) is -0.426. The van der Waals surface area contributed by atoms with E-state index in [4.69, 9.17) is 4.74 Å². The van der Waals surface area contributed by atoms with Crippen LogP contribution >= 0.6 is 0 Å². The zero-order valence-corrected chi connectivity index (χ0v) is 17.9. The Hall–Kier alpha value is -3.35. The second-order valence-electron chi connectivity index (χ2n) is 7.94. The maximum atomic E-state index is 12.5. The first-order valence-electron chi connectivity index (χ1n) is 9.83. The third kappa shape index (κ3) is 7.95. The Morgan fingerprint density at radius 1 is 0.967 bits per heavy atom. The third-order valence-corrected chi connectivity index (χ3v) is 4.04. The largest absolute Gasteiger partial charge is 0.444 e. The molecule has 30 heavy (non-hydrogen) atoms. The van der Waals surface area contributed by atoms with Crippen LogP contribution in [0.5, 0.6) is 0 Å². The first kappa shape index (κ1) is 22.9. The molecule has 0 fully saturated rings. The van der Waals surface area contributed by atoms with Gasteiger partial charge in [-0.25, -0.2) is 4.79 Å². The lowest BCUT2D eigenvalue weighted by Crippen LogP contribution is -2.35. The quantitative estimate of drug-likeness (QED) is 0.646. The van der Waals surface area contributed by atoms with Crippen molar-refractivity contribution in [1.82, 2.24) is 10.6 Å². The number of ether oxygens (including phenoxy) is 1. The predicted octanol–water partition coefficient (Wildman–Crippen LogP) is 3.78. The van der Waals surface area contributed by atoms with E-state index in [2.05, 4.69) is 16.0 Å². The molecule has 0 atom stereocenters. The first-order chi connectivity index (χ1) is 14.1. The fourth-order valence-corrected chi connectivity index (χ4v) is 2.65. The highest BCUT2D eigenvalue weighted by atomic mass is 16.6. The van der Waals surface area contributed by atoms with E-state index >= 15 is 0 Å². The fourth-order valence-electron chi connectivity index (χ4n) is 2.65. The minimum Gasteiger partial charge on any atom is -0.444 e. The Morgan fingerprint density at radius 3 is 2.40 bits per heavy atom. The van der Waals surface area contributed by atoms with Crippen LogP contribution in [0.2, 0.25) is 0 Å². The van der Waals surface area contributed by atoms with Gasteiger partial charge in [0.1, 0.15) is 5.60 Å². The zero-order chi connectivity index (χ0) is 22.1. The maximum Gasteiger partial charge on any atom is 0.407 e. The number of hydrogen-bond donors (Lipinski definition) is 3. The summed E-state index contributed by atoms with van der Waals surface area (Å²) in [6.07, 6.45) is -0.434. The molecule has 0 aliphatic rings. The van der Waals surface area contributed by atoms with Gasteiger partial charge in [-0.05, 0) is 51.5 Å². The summed E-state index contributed by atoms with van der Waals surface area (Å²) in [6.45, 7) is 7.68. The maximum absolute atomic E-state index is 12.5. The highest BCUT2D eigenvalue weighted by Crippen LogP contribution is 2.16. The number of rotatable bonds is 7. The number of aryl methyl sites for hydroxylation is 1. The highest BCUT2D eigenvalue weighted by molar-refractivity contribution is 6.04. The van der Waals surface area contributed by atoms with Crippen LogP contribution in [0, 0.1) is 6.92 Å². The van der Waals surface area contributed by atoms with Gasteiger partial charge in [-0.15, -0.1) is 0 Å². The van der Waals surface area contributed by atoms with Gasteiger partial charge in [-0.1, -0.05) is 35.9 Å². The van der Waals surface area contributed by atoms with Crippen molar-refractivity contribution in [3.05, 3.63) is 65.2 Å². The number of nitrogens with one attached hydrogen (secondary N) is 3. The monoisotopic (exact) mass is 411 g/mol. The van der Waals surface area contributed by atoms with Gasteiger partial charge in [0, 0.05) is 30.8 Å². The van der Waals surface area contributed by atoms with E-state index in [-0.39, 0.29) is 31.3 Å². The van der Waals surface area contributed by atoms with Gasteiger partial charge in [0.15, 0.2) is 0 Å². The summed E-state index contributed by atoms with van der Waals surface area (Å²) in [7, 11) is 0. The van der Waals surface area contributed by atoms with Crippen LogP contribution in [0.4, 0.5) is 10.5 Å². The van der Waals surface area contributed by atoms with Crippen molar-refractivity contribution in [2.45, 2.75) is 46.3 Å². The van der Waals surface area contributed by atoms with E-state index in [0.717, 1.165) is 11.1 Å². The Kier molecular flexibility index (Phi) is 7.98. The van der Waals surface area contributed by atoms with Crippen molar-refractivity contribution in [2.24, 2.45) is 0 Å². The Balaban J connectivity index is 1.85. The van der Waals surface area contributed by atoms with E-state index in [1.165, 1.54) is 0 Å². The van der Waals surface area contributed by atoms with Gasteiger partial charge in [0.05, 0.1) is 0 Å². The number of anilines is 1. The Morgan fingerprint density at radius 2 is 1.70 bits per heavy atom. The number of para-hydroxylation sites is 1. The summed E-state index contributed by atoms with van der Waals surface area (Å²) >= 11 is 0. The molecule has 2 aromatic carbocycles. The molecule has 0 heterocycles. The molecule has 160 valence electrons. The van der Waals surface area contributed by atoms with Crippen LogP contribution < -0.4 is 16.0 Å². The van der Waals surface area contributed by atoms with Gasteiger partial charge in [-0.3, -0.25) is 9.59 Å². The van der Waals surface area contributed by atoms with Gasteiger partial charge < -0.3 is 20.7 Å². The molecule has 0 aromatic heterocycles. The van der Waals surface area contributed by atoms with Crippen molar-refractivity contribution in [3.8, 4) is 0 Å². The Labute approximate surface area is 177 Å². The molecule has 0 radical (unpaired) electrons. The van der Waals surface area contributed by atoms with Gasteiger partial charge >= 0.3 is 6.09 Å². The standard InChI is InChI=1S/C23H29N3O4/c1-16-8-7-10-17(14-16)21(28)26-19-11-6-5-9-18(19)15-25-20(27)12-13-24-22(29)30-23(2,3)4/h5-11,14H,12-13,15H2,1-4H3,(H,24,29)(H,25,27)(H,26,28). The second kappa shape index (κ2) is 10.4. The highest BCUT2D eigenvalue weighted by Gasteiger charge is 2.16. The second-order valence-corrected chi connectivity index (χ2v) is 7.94. The summed E-state index contributed by atoms with van der Waals surface area (Å²) in [4.78, 5) is 36.2. The SMILES string of the molecule is Cc1cccc(C(=O)Nc2ccccc2CNC(=O)CCNC(=O)OC(C)(C)C)c1. The summed E-state index contributed by atoms with van der Waals surface area (Å²) in [6, 6.07) is 14.6. The number of hydrogen-bond acceptors (Lipinski definition) is 4. The molecule has 0 aliphatic carbocycles. The summed E-state index contributed by atoms with van der Waals surface area (Å²) < 4.78 is 5.12. The molecular weight excluding hydrogens is 382 g/mol. The number of benzene rings is 2. The molecule has 0 saturated carbocycles. The number of carbonyl (C=O) groups excluding carboxylic acids is 3. The molecule has 7 nitrogen and oxygen atoms in total. The summed E-state index contributed by atoms with van der Waals surface area (Å²) in [5, 5.41) is 8.24. The van der Waals surface area contributed by atoms with E-state index in [1.807, 2.05) is 43.3 Å². The number of amides is 3. The summed E-state index contributed by atoms with van der Waals surface area (Å²) in [5.41, 5.74) is 2.41. The van der Waals surface area contributed by atoms with E-state index in [0.29, 0.717) is 11.3 Å². The van der Waals surface area contributed by atoms with Crippen molar-refractivity contribution in [3.63, 3.8) is 0 Å².